The van der Waals surface area contributed by atoms with Gasteiger partial charge >= 0.3 is 0 Å². The summed E-state index contributed by atoms with van der Waals surface area (Å²) in [6, 6.07) is 11.7. The summed E-state index contributed by atoms with van der Waals surface area (Å²) in [6.45, 7) is 5.47. The van der Waals surface area contributed by atoms with E-state index in [0.717, 1.165) is 11.4 Å². The predicted octanol–water partition coefficient (Wildman–Crippen LogP) is 4.46. The van der Waals surface area contributed by atoms with E-state index < -0.39 is 0 Å². The van der Waals surface area contributed by atoms with E-state index in [1.54, 1.807) is 7.11 Å². The predicted molar refractivity (Wildman–Crippen MR) is 87.9 cm³/mol. The van der Waals surface area contributed by atoms with Crippen LogP contribution in [-0.4, -0.2) is 20.3 Å². The number of halogens is 1. The topological polar surface area (TPSA) is 30.5 Å². The SMILES string of the molecule is COc1ccc(NCCOc2ccc(C)c(C)c2)cc1Cl. The second-order valence-corrected chi connectivity index (χ2v) is 5.28. The van der Waals surface area contributed by atoms with Gasteiger partial charge in [-0.15, -0.1) is 0 Å². The van der Waals surface area contributed by atoms with Crippen molar-refractivity contribution in [2.24, 2.45) is 0 Å². The first-order valence-electron chi connectivity index (χ1n) is 6.87. The Morgan fingerprint density at radius 2 is 1.86 bits per heavy atom. The maximum atomic E-state index is 6.07. The number of benzene rings is 2. The Hall–Kier alpha value is -1.87. The second-order valence-electron chi connectivity index (χ2n) is 4.87. The number of hydrogen-bond acceptors (Lipinski definition) is 3. The fourth-order valence-corrected chi connectivity index (χ4v) is 2.20. The fraction of sp³-hybridized carbons (Fsp3) is 0.294. The summed E-state index contributed by atoms with van der Waals surface area (Å²) in [7, 11) is 1.60. The van der Waals surface area contributed by atoms with Crippen LogP contribution in [0, 0.1) is 13.8 Å². The highest BCUT2D eigenvalue weighted by atomic mass is 35.5. The number of ether oxygens (including phenoxy) is 2. The monoisotopic (exact) mass is 305 g/mol. The Morgan fingerprint density at radius 3 is 2.52 bits per heavy atom. The van der Waals surface area contributed by atoms with E-state index >= 15 is 0 Å². The van der Waals surface area contributed by atoms with Crippen LogP contribution in [0.4, 0.5) is 5.69 Å². The van der Waals surface area contributed by atoms with Crippen LogP contribution in [0.3, 0.4) is 0 Å². The molecule has 0 unspecified atom stereocenters. The Morgan fingerprint density at radius 1 is 1.05 bits per heavy atom. The minimum absolute atomic E-state index is 0.589. The largest absolute Gasteiger partial charge is 0.495 e. The number of rotatable bonds is 6. The molecular formula is C17H20ClNO2. The molecule has 112 valence electrons. The van der Waals surface area contributed by atoms with Crippen molar-refractivity contribution in [2.45, 2.75) is 13.8 Å². The highest BCUT2D eigenvalue weighted by Gasteiger charge is 2.01. The number of nitrogens with one attached hydrogen (secondary N) is 1. The van der Waals surface area contributed by atoms with Gasteiger partial charge in [0.15, 0.2) is 0 Å². The standard InChI is InChI=1S/C17H20ClNO2/c1-12-4-6-15(10-13(12)2)21-9-8-19-14-5-7-17(20-3)16(18)11-14/h4-7,10-11,19H,8-9H2,1-3H3. The molecule has 2 aromatic carbocycles. The molecule has 21 heavy (non-hydrogen) atoms. The number of hydrogen-bond donors (Lipinski definition) is 1. The summed E-state index contributed by atoms with van der Waals surface area (Å²) < 4.78 is 10.8. The van der Waals surface area contributed by atoms with Crippen molar-refractivity contribution >= 4 is 17.3 Å². The first-order valence-corrected chi connectivity index (χ1v) is 7.25. The zero-order valence-corrected chi connectivity index (χ0v) is 13.3. The fourth-order valence-electron chi connectivity index (χ4n) is 1.94. The smallest absolute Gasteiger partial charge is 0.137 e. The van der Waals surface area contributed by atoms with Crippen molar-refractivity contribution in [3.63, 3.8) is 0 Å². The van der Waals surface area contributed by atoms with E-state index in [9.17, 15) is 0 Å². The van der Waals surface area contributed by atoms with Gasteiger partial charge in [-0.1, -0.05) is 17.7 Å². The van der Waals surface area contributed by atoms with Gasteiger partial charge in [0, 0.05) is 12.2 Å². The Bertz CT molecular complexity index is 614. The molecule has 0 aliphatic rings. The minimum atomic E-state index is 0.589. The van der Waals surface area contributed by atoms with Crippen LogP contribution < -0.4 is 14.8 Å². The second kappa shape index (κ2) is 7.23. The summed E-state index contributed by atoms with van der Waals surface area (Å²) in [5.74, 6) is 1.57. The number of methoxy groups -OCH3 is 1. The van der Waals surface area contributed by atoms with Crippen LogP contribution in [-0.2, 0) is 0 Å². The Kier molecular flexibility index (Phi) is 5.34. The zero-order valence-electron chi connectivity index (χ0n) is 12.6. The minimum Gasteiger partial charge on any atom is -0.495 e. The summed E-state index contributed by atoms with van der Waals surface area (Å²) in [5, 5.41) is 3.86. The van der Waals surface area contributed by atoms with Gasteiger partial charge in [-0.25, -0.2) is 0 Å². The van der Waals surface area contributed by atoms with Gasteiger partial charge < -0.3 is 14.8 Å². The molecular weight excluding hydrogens is 286 g/mol. The summed E-state index contributed by atoms with van der Waals surface area (Å²) in [5.41, 5.74) is 3.46. The van der Waals surface area contributed by atoms with Crippen LogP contribution in [0.5, 0.6) is 11.5 Å². The average Bonchev–Trinajstić information content (AvgIpc) is 2.47. The molecule has 0 saturated carbocycles. The molecule has 2 aromatic rings. The molecule has 1 N–H and O–H groups in total. The normalized spacial score (nSPS) is 10.3. The molecule has 0 spiro atoms. The van der Waals surface area contributed by atoms with Crippen molar-refractivity contribution in [3.8, 4) is 11.5 Å². The third-order valence-electron chi connectivity index (χ3n) is 3.33. The van der Waals surface area contributed by atoms with Crippen LogP contribution >= 0.6 is 11.6 Å². The van der Waals surface area contributed by atoms with Crippen molar-refractivity contribution in [2.75, 3.05) is 25.6 Å². The van der Waals surface area contributed by atoms with Crippen LogP contribution in [0.25, 0.3) is 0 Å². The quantitative estimate of drug-likeness (QED) is 0.799. The molecule has 0 aliphatic carbocycles. The summed E-state index contributed by atoms with van der Waals surface area (Å²) in [4.78, 5) is 0. The Balaban J connectivity index is 1.81. The molecule has 0 atom stereocenters. The average molecular weight is 306 g/mol. The molecule has 0 saturated heterocycles. The first kappa shape index (κ1) is 15.5. The van der Waals surface area contributed by atoms with E-state index in [1.807, 2.05) is 24.3 Å². The van der Waals surface area contributed by atoms with Gasteiger partial charge in [0.25, 0.3) is 0 Å². The Labute approximate surface area is 130 Å². The molecule has 0 fully saturated rings. The van der Waals surface area contributed by atoms with E-state index in [2.05, 4.69) is 31.3 Å². The lowest BCUT2D eigenvalue weighted by atomic mass is 10.1. The molecule has 0 heterocycles. The molecule has 0 bridgehead atoms. The summed E-state index contributed by atoms with van der Waals surface area (Å²) >= 11 is 6.07. The van der Waals surface area contributed by atoms with Crippen LogP contribution in [0.15, 0.2) is 36.4 Å². The first-order chi connectivity index (χ1) is 10.1. The molecule has 0 aliphatic heterocycles. The van der Waals surface area contributed by atoms with E-state index in [4.69, 9.17) is 21.1 Å². The van der Waals surface area contributed by atoms with Gasteiger partial charge in [-0.05, 0) is 55.3 Å². The lowest BCUT2D eigenvalue weighted by Crippen LogP contribution is -2.11. The third-order valence-corrected chi connectivity index (χ3v) is 3.63. The maximum absolute atomic E-state index is 6.07. The van der Waals surface area contributed by atoms with E-state index in [0.29, 0.717) is 23.9 Å². The highest BCUT2D eigenvalue weighted by Crippen LogP contribution is 2.27. The van der Waals surface area contributed by atoms with Gasteiger partial charge in [0.1, 0.15) is 18.1 Å². The van der Waals surface area contributed by atoms with Crippen LogP contribution in [0.1, 0.15) is 11.1 Å². The van der Waals surface area contributed by atoms with Crippen molar-refractivity contribution in [1.29, 1.82) is 0 Å². The van der Waals surface area contributed by atoms with Gasteiger partial charge in [0.05, 0.1) is 12.1 Å². The third kappa shape index (κ3) is 4.30. The van der Waals surface area contributed by atoms with Crippen molar-refractivity contribution < 1.29 is 9.47 Å². The maximum Gasteiger partial charge on any atom is 0.137 e. The van der Waals surface area contributed by atoms with E-state index in [-0.39, 0.29) is 0 Å². The van der Waals surface area contributed by atoms with Crippen LogP contribution in [0.2, 0.25) is 5.02 Å². The molecule has 4 heteroatoms. The lowest BCUT2D eigenvalue weighted by Gasteiger charge is -2.11. The number of anilines is 1. The molecule has 3 nitrogen and oxygen atoms in total. The zero-order chi connectivity index (χ0) is 15.2. The highest BCUT2D eigenvalue weighted by molar-refractivity contribution is 6.32. The molecule has 0 amide bonds. The lowest BCUT2D eigenvalue weighted by molar-refractivity contribution is 0.332. The van der Waals surface area contributed by atoms with Gasteiger partial charge in [-0.2, -0.15) is 0 Å². The molecule has 2 rings (SSSR count). The van der Waals surface area contributed by atoms with Crippen molar-refractivity contribution in [1.82, 2.24) is 0 Å². The summed E-state index contributed by atoms with van der Waals surface area (Å²) in [6.07, 6.45) is 0. The van der Waals surface area contributed by atoms with Gasteiger partial charge in [0.2, 0.25) is 0 Å². The van der Waals surface area contributed by atoms with Crippen molar-refractivity contribution in [3.05, 3.63) is 52.5 Å². The number of aryl methyl sites for hydroxylation is 2. The van der Waals surface area contributed by atoms with Gasteiger partial charge in [-0.3, -0.25) is 0 Å². The van der Waals surface area contributed by atoms with E-state index in [1.165, 1.54) is 11.1 Å². The molecule has 0 radical (unpaired) electrons. The molecule has 0 aromatic heterocycles.